The van der Waals surface area contributed by atoms with E-state index in [1.165, 1.54) is 17.1 Å². The van der Waals surface area contributed by atoms with Crippen molar-refractivity contribution in [3.63, 3.8) is 0 Å². The number of benzene rings is 2. The van der Waals surface area contributed by atoms with E-state index in [1.807, 2.05) is 18.2 Å². The number of tetrazole rings is 1. The molecule has 0 aliphatic rings. The first-order valence-corrected chi connectivity index (χ1v) is 6.91. The average Bonchev–Trinajstić information content (AvgIpc) is 3.07. The summed E-state index contributed by atoms with van der Waals surface area (Å²) in [5.41, 5.74) is 2.16. The molecule has 0 aliphatic heterocycles. The molecule has 1 aromatic heterocycles. The van der Waals surface area contributed by atoms with E-state index in [0.29, 0.717) is 10.6 Å². The highest BCUT2D eigenvalue weighted by Gasteiger charge is 2.05. The summed E-state index contributed by atoms with van der Waals surface area (Å²) in [7, 11) is 0. The van der Waals surface area contributed by atoms with Crippen LogP contribution in [0, 0.1) is 0 Å². The molecule has 0 fully saturated rings. The minimum Gasteiger partial charge on any atom is -0.289 e. The molecular weight excluding hydrogens is 300 g/mol. The maximum atomic E-state index is 12.2. The van der Waals surface area contributed by atoms with Crippen LogP contribution in [0.15, 0.2) is 60.9 Å². The molecule has 0 radical (unpaired) electrons. The zero-order valence-electron chi connectivity index (χ0n) is 11.4. The van der Waals surface area contributed by atoms with Crippen LogP contribution in [0.4, 0.5) is 0 Å². The third-order valence-corrected chi connectivity index (χ3v) is 3.26. The molecule has 22 heavy (non-hydrogen) atoms. The highest BCUT2D eigenvalue weighted by molar-refractivity contribution is 6.30. The largest absolute Gasteiger partial charge is 0.289 e. The zero-order valence-corrected chi connectivity index (χ0v) is 12.2. The monoisotopic (exact) mass is 310 g/mol. The highest BCUT2D eigenvalue weighted by atomic mass is 35.5. The molecule has 0 atom stereocenters. The fourth-order valence-electron chi connectivity index (χ4n) is 1.96. The SMILES string of the molecule is O=C(/C=C/c1cccc(Cl)c1)c1cccc(-n2cnnn2)c1. The highest BCUT2D eigenvalue weighted by Crippen LogP contribution is 2.14. The first-order chi connectivity index (χ1) is 10.7. The average molecular weight is 311 g/mol. The standard InChI is InChI=1S/C16H11ClN4O/c17-14-5-1-3-12(9-14)7-8-16(22)13-4-2-6-15(10-13)21-11-18-19-20-21/h1-11H/b8-7+. The van der Waals surface area contributed by atoms with Crippen molar-refractivity contribution in [2.24, 2.45) is 0 Å². The summed E-state index contributed by atoms with van der Waals surface area (Å²) in [6.45, 7) is 0. The van der Waals surface area contributed by atoms with Crippen molar-refractivity contribution in [2.75, 3.05) is 0 Å². The van der Waals surface area contributed by atoms with Gasteiger partial charge in [-0.3, -0.25) is 4.79 Å². The number of hydrogen-bond acceptors (Lipinski definition) is 4. The lowest BCUT2D eigenvalue weighted by Gasteiger charge is -2.01. The molecule has 0 N–H and O–H groups in total. The predicted molar refractivity (Wildman–Crippen MR) is 84.0 cm³/mol. The van der Waals surface area contributed by atoms with Crippen LogP contribution in [0.25, 0.3) is 11.8 Å². The lowest BCUT2D eigenvalue weighted by molar-refractivity contribution is 0.104. The lowest BCUT2D eigenvalue weighted by atomic mass is 10.1. The van der Waals surface area contributed by atoms with E-state index in [2.05, 4.69) is 15.5 Å². The lowest BCUT2D eigenvalue weighted by Crippen LogP contribution is -1.99. The van der Waals surface area contributed by atoms with Crippen molar-refractivity contribution >= 4 is 23.5 Å². The molecule has 0 amide bonds. The molecule has 5 nitrogen and oxygen atoms in total. The quantitative estimate of drug-likeness (QED) is 0.548. The van der Waals surface area contributed by atoms with Gasteiger partial charge in [0.25, 0.3) is 0 Å². The Bertz CT molecular complexity index is 828. The van der Waals surface area contributed by atoms with Gasteiger partial charge in [-0.1, -0.05) is 41.9 Å². The maximum absolute atomic E-state index is 12.2. The number of carbonyl (C=O) groups is 1. The van der Waals surface area contributed by atoms with Crippen LogP contribution in [-0.4, -0.2) is 26.0 Å². The van der Waals surface area contributed by atoms with Gasteiger partial charge >= 0.3 is 0 Å². The molecule has 3 aromatic rings. The second-order valence-corrected chi connectivity index (χ2v) is 4.99. The van der Waals surface area contributed by atoms with Gasteiger partial charge in [0.2, 0.25) is 0 Å². The molecule has 6 heteroatoms. The molecule has 0 saturated carbocycles. The van der Waals surface area contributed by atoms with Crippen LogP contribution in [0.2, 0.25) is 5.02 Å². The molecule has 2 aromatic carbocycles. The van der Waals surface area contributed by atoms with Gasteiger partial charge in [-0.25, -0.2) is 4.68 Å². The fraction of sp³-hybridized carbons (Fsp3) is 0. The first kappa shape index (κ1) is 14.2. The molecule has 0 unspecified atom stereocenters. The minimum absolute atomic E-state index is 0.102. The Morgan fingerprint density at radius 1 is 1.14 bits per heavy atom. The molecule has 0 spiro atoms. The van der Waals surface area contributed by atoms with Crippen molar-refractivity contribution in [3.05, 3.63) is 77.1 Å². The summed E-state index contributed by atoms with van der Waals surface area (Å²) in [6, 6.07) is 14.4. The van der Waals surface area contributed by atoms with E-state index in [-0.39, 0.29) is 5.78 Å². The van der Waals surface area contributed by atoms with Crippen LogP contribution in [0.3, 0.4) is 0 Å². The number of nitrogens with zero attached hydrogens (tertiary/aromatic N) is 4. The third kappa shape index (κ3) is 3.27. The molecular formula is C16H11ClN4O. The molecule has 3 rings (SSSR count). The number of allylic oxidation sites excluding steroid dienone is 1. The summed E-state index contributed by atoms with van der Waals surface area (Å²) in [6.07, 6.45) is 4.73. The van der Waals surface area contributed by atoms with E-state index in [9.17, 15) is 4.79 Å². The zero-order chi connectivity index (χ0) is 15.4. The number of rotatable bonds is 4. The van der Waals surface area contributed by atoms with Crippen molar-refractivity contribution in [1.82, 2.24) is 20.2 Å². The van der Waals surface area contributed by atoms with Gasteiger partial charge in [-0.05, 0) is 46.3 Å². The van der Waals surface area contributed by atoms with Gasteiger partial charge in [0.1, 0.15) is 6.33 Å². The Labute approximate surface area is 131 Å². The summed E-state index contributed by atoms with van der Waals surface area (Å²) in [5.74, 6) is -0.102. The van der Waals surface area contributed by atoms with Crippen molar-refractivity contribution in [1.29, 1.82) is 0 Å². The van der Waals surface area contributed by atoms with Crippen molar-refractivity contribution in [3.8, 4) is 5.69 Å². The van der Waals surface area contributed by atoms with E-state index in [0.717, 1.165) is 11.3 Å². The Kier molecular flexibility index (Phi) is 4.07. The molecule has 0 saturated heterocycles. The van der Waals surface area contributed by atoms with E-state index in [1.54, 1.807) is 36.4 Å². The Morgan fingerprint density at radius 2 is 2.00 bits per heavy atom. The van der Waals surface area contributed by atoms with Crippen molar-refractivity contribution < 1.29 is 4.79 Å². The van der Waals surface area contributed by atoms with Crippen LogP contribution in [-0.2, 0) is 0 Å². The van der Waals surface area contributed by atoms with Crippen molar-refractivity contribution in [2.45, 2.75) is 0 Å². The van der Waals surface area contributed by atoms with Gasteiger partial charge in [-0.15, -0.1) is 5.10 Å². The van der Waals surface area contributed by atoms with Gasteiger partial charge in [0.15, 0.2) is 5.78 Å². The Balaban J connectivity index is 1.82. The second kappa shape index (κ2) is 6.32. The number of aromatic nitrogens is 4. The van der Waals surface area contributed by atoms with Gasteiger partial charge < -0.3 is 0 Å². The smallest absolute Gasteiger partial charge is 0.185 e. The van der Waals surface area contributed by atoms with Crippen LogP contribution in [0.1, 0.15) is 15.9 Å². The molecule has 1 heterocycles. The van der Waals surface area contributed by atoms with Gasteiger partial charge in [0, 0.05) is 10.6 Å². The van der Waals surface area contributed by atoms with Crippen LogP contribution < -0.4 is 0 Å². The second-order valence-electron chi connectivity index (χ2n) is 4.56. The summed E-state index contributed by atoms with van der Waals surface area (Å²) in [4.78, 5) is 12.2. The minimum atomic E-state index is -0.102. The van der Waals surface area contributed by atoms with Crippen LogP contribution in [0.5, 0.6) is 0 Å². The Morgan fingerprint density at radius 3 is 2.77 bits per heavy atom. The Hall–Kier alpha value is -2.79. The summed E-state index contributed by atoms with van der Waals surface area (Å²) >= 11 is 5.91. The molecule has 0 bridgehead atoms. The van der Waals surface area contributed by atoms with E-state index in [4.69, 9.17) is 11.6 Å². The fourth-order valence-corrected chi connectivity index (χ4v) is 2.16. The van der Waals surface area contributed by atoms with E-state index >= 15 is 0 Å². The summed E-state index contributed by atoms with van der Waals surface area (Å²) in [5, 5.41) is 11.6. The first-order valence-electron chi connectivity index (χ1n) is 6.54. The van der Waals surface area contributed by atoms with Crippen LogP contribution >= 0.6 is 11.6 Å². The predicted octanol–water partition coefficient (Wildman–Crippen LogP) is 3.21. The number of halogens is 1. The maximum Gasteiger partial charge on any atom is 0.185 e. The number of carbonyl (C=O) groups excluding carboxylic acids is 1. The molecule has 0 aliphatic carbocycles. The summed E-state index contributed by atoms with van der Waals surface area (Å²) < 4.78 is 1.50. The van der Waals surface area contributed by atoms with E-state index < -0.39 is 0 Å². The number of ketones is 1. The topological polar surface area (TPSA) is 60.7 Å². The van der Waals surface area contributed by atoms with Gasteiger partial charge in [0.05, 0.1) is 5.69 Å². The number of hydrogen-bond donors (Lipinski definition) is 0. The van der Waals surface area contributed by atoms with Gasteiger partial charge in [-0.2, -0.15) is 0 Å². The molecule has 108 valence electrons. The third-order valence-electron chi connectivity index (χ3n) is 3.02. The normalized spacial score (nSPS) is 11.0.